The van der Waals surface area contributed by atoms with Crippen LogP contribution in [0.1, 0.15) is 19.4 Å². The molecule has 0 bridgehead atoms. The van der Waals surface area contributed by atoms with Crippen molar-refractivity contribution in [3.8, 4) is 16.9 Å². The van der Waals surface area contributed by atoms with Crippen molar-refractivity contribution in [3.63, 3.8) is 0 Å². The fraction of sp³-hybridized carbons (Fsp3) is 0.308. The van der Waals surface area contributed by atoms with Crippen molar-refractivity contribution in [1.82, 2.24) is 5.32 Å². The van der Waals surface area contributed by atoms with Crippen molar-refractivity contribution < 1.29 is 13.2 Å². The Morgan fingerprint density at radius 2 is 1.64 bits per heavy atom. The van der Waals surface area contributed by atoms with Gasteiger partial charge in [-0.3, -0.25) is 4.72 Å². The molecule has 0 saturated carbocycles. The fourth-order valence-electron chi connectivity index (χ4n) is 4.45. The highest BCUT2D eigenvalue weighted by Gasteiger charge is 2.24. The molecule has 174 valence electrons. The second kappa shape index (κ2) is 9.45. The SMILES string of the molecule is COc1ccc(NS(=O)(=O)c2ccc(-c3ccccc3C)cc2)cc1N1C[C@@H](C)N[C@@H](C)C1. The van der Waals surface area contributed by atoms with Gasteiger partial charge < -0.3 is 15.0 Å². The number of methoxy groups -OCH3 is 1. The molecule has 2 N–H and O–H groups in total. The summed E-state index contributed by atoms with van der Waals surface area (Å²) in [4.78, 5) is 2.46. The molecule has 33 heavy (non-hydrogen) atoms. The van der Waals surface area contributed by atoms with Gasteiger partial charge >= 0.3 is 0 Å². The monoisotopic (exact) mass is 465 g/mol. The van der Waals surface area contributed by atoms with Gasteiger partial charge in [-0.15, -0.1) is 0 Å². The molecule has 1 saturated heterocycles. The van der Waals surface area contributed by atoms with E-state index in [4.69, 9.17) is 4.74 Å². The summed E-state index contributed by atoms with van der Waals surface area (Å²) >= 11 is 0. The van der Waals surface area contributed by atoms with Crippen molar-refractivity contribution in [3.05, 3.63) is 72.3 Å². The van der Waals surface area contributed by atoms with Crippen LogP contribution in [0.5, 0.6) is 5.75 Å². The predicted molar refractivity (Wildman–Crippen MR) is 135 cm³/mol. The van der Waals surface area contributed by atoms with Gasteiger partial charge in [0.25, 0.3) is 10.0 Å². The third-order valence-electron chi connectivity index (χ3n) is 5.95. The predicted octanol–water partition coefficient (Wildman–Crippen LogP) is 4.66. The average molecular weight is 466 g/mol. The lowest BCUT2D eigenvalue weighted by Crippen LogP contribution is -2.54. The fourth-order valence-corrected chi connectivity index (χ4v) is 5.50. The van der Waals surface area contributed by atoms with Crippen molar-refractivity contribution in [2.24, 2.45) is 0 Å². The molecule has 0 aliphatic carbocycles. The van der Waals surface area contributed by atoms with Crippen molar-refractivity contribution >= 4 is 21.4 Å². The first-order chi connectivity index (χ1) is 15.8. The molecule has 1 heterocycles. The Hall–Kier alpha value is -3.03. The van der Waals surface area contributed by atoms with Crippen LogP contribution < -0.4 is 19.7 Å². The van der Waals surface area contributed by atoms with Crippen molar-refractivity contribution in [2.45, 2.75) is 37.8 Å². The number of ether oxygens (including phenoxy) is 1. The maximum Gasteiger partial charge on any atom is 0.261 e. The molecular weight excluding hydrogens is 434 g/mol. The maximum atomic E-state index is 13.1. The number of aryl methyl sites for hydroxylation is 1. The van der Waals surface area contributed by atoms with Crippen LogP contribution in [0.25, 0.3) is 11.1 Å². The highest BCUT2D eigenvalue weighted by atomic mass is 32.2. The maximum absolute atomic E-state index is 13.1. The third kappa shape index (κ3) is 5.15. The van der Waals surface area contributed by atoms with E-state index in [1.54, 1.807) is 25.3 Å². The number of nitrogens with zero attached hydrogens (tertiary/aromatic N) is 1. The zero-order chi connectivity index (χ0) is 23.6. The van der Waals surface area contributed by atoms with Crippen LogP contribution in [0, 0.1) is 6.92 Å². The molecule has 2 atom stereocenters. The number of sulfonamides is 1. The lowest BCUT2D eigenvalue weighted by molar-refractivity contribution is 0.391. The molecule has 0 unspecified atom stereocenters. The van der Waals surface area contributed by atoms with E-state index < -0.39 is 10.0 Å². The van der Waals surface area contributed by atoms with Crippen LogP contribution in [0.2, 0.25) is 0 Å². The van der Waals surface area contributed by atoms with Crippen LogP contribution in [-0.2, 0) is 10.0 Å². The van der Waals surface area contributed by atoms with Crippen LogP contribution in [0.4, 0.5) is 11.4 Å². The van der Waals surface area contributed by atoms with Crippen LogP contribution in [0.15, 0.2) is 71.6 Å². The molecule has 0 aromatic heterocycles. The Morgan fingerprint density at radius 1 is 0.970 bits per heavy atom. The number of piperazine rings is 1. The summed E-state index contributed by atoms with van der Waals surface area (Å²) < 4.78 is 34.5. The number of hydrogen-bond donors (Lipinski definition) is 2. The van der Waals surface area contributed by atoms with E-state index in [2.05, 4.69) is 28.8 Å². The van der Waals surface area contributed by atoms with Crippen LogP contribution in [0.3, 0.4) is 0 Å². The molecule has 7 heteroatoms. The van der Waals surface area contributed by atoms with E-state index in [0.29, 0.717) is 17.8 Å². The summed E-state index contributed by atoms with van der Waals surface area (Å²) in [5.74, 6) is 0.724. The van der Waals surface area contributed by atoms with Gasteiger partial charge in [0.2, 0.25) is 0 Å². The molecule has 4 rings (SSSR count). The molecule has 1 aliphatic heterocycles. The summed E-state index contributed by atoms with van der Waals surface area (Å²) in [6, 6.07) is 21.1. The third-order valence-corrected chi connectivity index (χ3v) is 7.35. The number of anilines is 2. The molecule has 0 radical (unpaired) electrons. The lowest BCUT2D eigenvalue weighted by Gasteiger charge is -2.38. The topological polar surface area (TPSA) is 70.7 Å². The largest absolute Gasteiger partial charge is 0.495 e. The summed E-state index contributed by atoms with van der Waals surface area (Å²) in [7, 11) is -2.10. The first-order valence-electron chi connectivity index (χ1n) is 11.1. The minimum atomic E-state index is -3.73. The van der Waals surface area contributed by atoms with Gasteiger partial charge in [-0.25, -0.2) is 8.42 Å². The first-order valence-corrected chi connectivity index (χ1v) is 12.6. The molecular formula is C26H31N3O3S. The Morgan fingerprint density at radius 3 is 2.27 bits per heavy atom. The molecule has 1 aliphatic rings. The van der Waals surface area contributed by atoms with Gasteiger partial charge in [0, 0.05) is 25.2 Å². The van der Waals surface area contributed by atoms with Gasteiger partial charge in [0.05, 0.1) is 23.4 Å². The van der Waals surface area contributed by atoms with Crippen molar-refractivity contribution in [1.29, 1.82) is 0 Å². The highest BCUT2D eigenvalue weighted by molar-refractivity contribution is 7.92. The molecule has 3 aromatic rings. The summed E-state index contributed by atoms with van der Waals surface area (Å²) in [5, 5.41) is 3.52. The van der Waals surface area contributed by atoms with Gasteiger partial charge in [-0.1, -0.05) is 36.4 Å². The van der Waals surface area contributed by atoms with Gasteiger partial charge in [-0.2, -0.15) is 0 Å². The number of hydrogen-bond acceptors (Lipinski definition) is 5. The normalized spacial score (nSPS) is 18.7. The smallest absolute Gasteiger partial charge is 0.261 e. The van der Waals surface area contributed by atoms with Crippen LogP contribution in [-0.4, -0.2) is 40.7 Å². The van der Waals surface area contributed by atoms with Crippen LogP contribution >= 0.6 is 0 Å². The zero-order valence-corrected chi connectivity index (χ0v) is 20.3. The van der Waals surface area contributed by atoms with Gasteiger partial charge in [-0.05, 0) is 67.8 Å². The Kier molecular flexibility index (Phi) is 6.63. The number of nitrogens with one attached hydrogen (secondary N) is 2. The van der Waals surface area contributed by atoms with E-state index in [0.717, 1.165) is 41.2 Å². The first kappa shape index (κ1) is 23.1. The van der Waals surface area contributed by atoms with E-state index >= 15 is 0 Å². The number of rotatable bonds is 6. The van der Waals surface area contributed by atoms with E-state index in [-0.39, 0.29) is 4.90 Å². The lowest BCUT2D eigenvalue weighted by atomic mass is 10.0. The number of benzene rings is 3. The Labute approximate surface area is 196 Å². The van der Waals surface area contributed by atoms with Crippen molar-refractivity contribution in [2.75, 3.05) is 29.8 Å². The summed E-state index contributed by atoms with van der Waals surface area (Å²) in [6.07, 6.45) is 0. The molecule has 0 spiro atoms. The zero-order valence-electron chi connectivity index (χ0n) is 19.5. The Balaban J connectivity index is 1.58. The second-order valence-electron chi connectivity index (χ2n) is 8.71. The minimum Gasteiger partial charge on any atom is -0.495 e. The quantitative estimate of drug-likeness (QED) is 0.554. The van der Waals surface area contributed by atoms with Gasteiger partial charge in [0.1, 0.15) is 5.75 Å². The molecule has 1 fully saturated rings. The highest BCUT2D eigenvalue weighted by Crippen LogP contribution is 2.33. The summed E-state index contributed by atoms with van der Waals surface area (Å²) in [5.41, 5.74) is 4.61. The molecule has 6 nitrogen and oxygen atoms in total. The van der Waals surface area contributed by atoms with E-state index in [1.165, 1.54) is 0 Å². The average Bonchev–Trinajstić information content (AvgIpc) is 2.78. The minimum absolute atomic E-state index is 0.224. The van der Waals surface area contributed by atoms with E-state index in [9.17, 15) is 8.42 Å². The second-order valence-corrected chi connectivity index (χ2v) is 10.4. The summed E-state index contributed by atoms with van der Waals surface area (Å²) in [6.45, 7) is 7.96. The standard InChI is InChI=1S/C26H31N3O3S/c1-18-7-5-6-8-24(18)21-9-12-23(13-10-21)33(30,31)28-22-11-14-26(32-4)25(15-22)29-16-19(2)27-20(3)17-29/h5-15,19-20,27-28H,16-17H2,1-4H3/t19-,20+. The molecule has 3 aromatic carbocycles. The molecule has 0 amide bonds. The van der Waals surface area contributed by atoms with E-state index in [1.807, 2.05) is 55.5 Å². The van der Waals surface area contributed by atoms with Gasteiger partial charge in [0.15, 0.2) is 0 Å². The Bertz CT molecular complexity index is 1220.